The van der Waals surface area contributed by atoms with Crippen molar-refractivity contribution in [3.63, 3.8) is 0 Å². The summed E-state index contributed by atoms with van der Waals surface area (Å²) in [7, 11) is 0. The van der Waals surface area contributed by atoms with Gasteiger partial charge in [-0.15, -0.1) is 0 Å². The molecule has 4 heteroatoms. The quantitative estimate of drug-likeness (QED) is 0.236. The third-order valence-electron chi connectivity index (χ3n) is 3.56. The molecule has 0 spiro atoms. The summed E-state index contributed by atoms with van der Waals surface area (Å²) >= 11 is 0. The number of carbonyl (C=O) groups excluding carboxylic acids is 1. The second kappa shape index (κ2) is 15.9. The predicted octanol–water partition coefficient (Wildman–Crippen LogP) is 7.26. The van der Waals surface area contributed by atoms with E-state index < -0.39 is 18.4 Å². The third-order valence-corrected chi connectivity index (χ3v) is 3.56. The molecule has 0 heterocycles. The maximum atomic E-state index is 12.0. The first-order valence-corrected chi connectivity index (χ1v) is 9.18. The normalized spacial score (nSPS) is 13.1. The molecule has 0 amide bonds. The molecule has 0 aliphatic rings. The Bertz CT molecular complexity index is 443. The zero-order valence-corrected chi connectivity index (χ0v) is 15.2. The molecule has 0 N–H and O–H groups in total. The van der Waals surface area contributed by atoms with Gasteiger partial charge in [-0.3, -0.25) is 4.79 Å². The van der Waals surface area contributed by atoms with Crippen LogP contribution in [-0.2, 0) is 4.79 Å². The molecule has 0 atom stereocenters. The monoisotopic (exact) mass is 356 g/mol. The number of ketones is 1. The Balaban J connectivity index is 3.55. The van der Waals surface area contributed by atoms with Crippen LogP contribution in [0.5, 0.6) is 0 Å². The lowest BCUT2D eigenvalue weighted by Gasteiger charge is -2.01. The van der Waals surface area contributed by atoms with Crippen molar-refractivity contribution in [1.82, 2.24) is 0 Å². The molecular formula is C21H31F3O. The van der Waals surface area contributed by atoms with Gasteiger partial charge in [0.15, 0.2) is 0 Å². The highest BCUT2D eigenvalue weighted by molar-refractivity contribution is 5.84. The van der Waals surface area contributed by atoms with Crippen molar-refractivity contribution in [2.24, 2.45) is 0 Å². The van der Waals surface area contributed by atoms with Crippen LogP contribution in [0.2, 0.25) is 0 Å². The number of alkyl halides is 3. The number of carbonyl (C=O) groups is 1. The number of rotatable bonds is 14. The van der Waals surface area contributed by atoms with E-state index in [0.717, 1.165) is 19.3 Å². The van der Waals surface area contributed by atoms with Crippen LogP contribution < -0.4 is 0 Å². The average molecular weight is 356 g/mol. The predicted molar refractivity (Wildman–Crippen MR) is 99.5 cm³/mol. The topological polar surface area (TPSA) is 17.1 Å². The largest absolute Gasteiger partial charge is 0.449 e. The van der Waals surface area contributed by atoms with Crippen LogP contribution in [0, 0.1) is 0 Å². The van der Waals surface area contributed by atoms with E-state index in [9.17, 15) is 18.0 Å². The number of hydrogen-bond acceptors (Lipinski definition) is 1. The molecule has 25 heavy (non-hydrogen) atoms. The van der Waals surface area contributed by atoms with Crippen molar-refractivity contribution < 1.29 is 18.0 Å². The summed E-state index contributed by atoms with van der Waals surface area (Å²) in [6.07, 6.45) is 19.8. The molecule has 0 unspecified atom stereocenters. The summed E-state index contributed by atoms with van der Waals surface area (Å²) in [6.45, 7) is 2.21. The van der Waals surface area contributed by atoms with E-state index in [4.69, 9.17) is 0 Å². The van der Waals surface area contributed by atoms with E-state index in [2.05, 4.69) is 31.2 Å². The lowest BCUT2D eigenvalue weighted by atomic mass is 10.1. The van der Waals surface area contributed by atoms with Crippen LogP contribution >= 0.6 is 0 Å². The van der Waals surface area contributed by atoms with Gasteiger partial charge in [0, 0.05) is 6.42 Å². The number of Topliss-reactive ketones (excluding diaryl/α,β-unsaturated/α-hetero) is 1. The molecule has 0 rings (SSSR count). The van der Waals surface area contributed by atoms with Gasteiger partial charge in [0.25, 0.3) is 0 Å². The van der Waals surface area contributed by atoms with Gasteiger partial charge < -0.3 is 0 Å². The number of hydrogen-bond donors (Lipinski definition) is 0. The highest BCUT2D eigenvalue weighted by Gasteiger charge is 2.36. The zero-order chi connectivity index (χ0) is 18.8. The van der Waals surface area contributed by atoms with Gasteiger partial charge in [0.1, 0.15) is 0 Å². The number of halogens is 3. The first-order chi connectivity index (χ1) is 12.0. The Hall–Kier alpha value is -1.58. The van der Waals surface area contributed by atoms with Gasteiger partial charge in [0.2, 0.25) is 5.78 Å². The summed E-state index contributed by atoms with van der Waals surface area (Å²) in [4.78, 5) is 10.6. The minimum Gasteiger partial charge on any atom is -0.290 e. The van der Waals surface area contributed by atoms with Crippen LogP contribution in [-0.4, -0.2) is 12.0 Å². The first-order valence-electron chi connectivity index (χ1n) is 9.18. The molecule has 1 nitrogen and oxygen atoms in total. The van der Waals surface area contributed by atoms with Crippen LogP contribution in [0.15, 0.2) is 48.6 Å². The minimum absolute atomic E-state index is 0.136. The van der Waals surface area contributed by atoms with E-state index in [0.29, 0.717) is 6.42 Å². The summed E-state index contributed by atoms with van der Waals surface area (Å²) in [5.74, 6) is -1.66. The summed E-state index contributed by atoms with van der Waals surface area (Å²) in [5.41, 5.74) is 0. The van der Waals surface area contributed by atoms with Crippen LogP contribution in [0.4, 0.5) is 13.2 Å². The highest BCUT2D eigenvalue weighted by atomic mass is 19.4. The van der Waals surface area contributed by atoms with Crippen molar-refractivity contribution in [1.29, 1.82) is 0 Å². The standard InChI is InChI=1S/C21H31F3O/c1-2-3-4-5-6-7-8-9-10-11-12-13-14-15-16-17-18-19-20(25)21(22,23)24/h7-8,10-11,13-14,16-17H,2-6,9,12,15,18-19H2,1H3/b8-7-,11-10-,14-13-,17-16-. The second-order valence-corrected chi connectivity index (χ2v) is 5.90. The Morgan fingerprint density at radius 2 is 1.20 bits per heavy atom. The van der Waals surface area contributed by atoms with Gasteiger partial charge in [-0.2, -0.15) is 13.2 Å². The molecule has 0 radical (unpaired) electrons. The smallest absolute Gasteiger partial charge is 0.290 e. The molecule has 0 saturated carbocycles. The Morgan fingerprint density at radius 3 is 1.68 bits per heavy atom. The fraction of sp³-hybridized carbons (Fsp3) is 0.571. The van der Waals surface area contributed by atoms with Crippen LogP contribution in [0.3, 0.4) is 0 Å². The van der Waals surface area contributed by atoms with Gasteiger partial charge >= 0.3 is 6.18 Å². The minimum atomic E-state index is -4.70. The Kier molecular flexibility index (Phi) is 14.9. The molecule has 0 aliphatic heterocycles. The molecule has 0 saturated heterocycles. The van der Waals surface area contributed by atoms with Crippen molar-refractivity contribution >= 4 is 5.78 Å². The Morgan fingerprint density at radius 1 is 0.720 bits per heavy atom. The van der Waals surface area contributed by atoms with E-state index in [1.807, 2.05) is 12.2 Å². The number of allylic oxidation sites excluding steroid dienone is 8. The molecule has 142 valence electrons. The molecular weight excluding hydrogens is 325 g/mol. The number of unbranched alkanes of at least 4 members (excludes halogenated alkanes) is 4. The molecule has 0 aromatic heterocycles. The van der Waals surface area contributed by atoms with E-state index in [1.165, 1.54) is 25.7 Å². The second-order valence-electron chi connectivity index (χ2n) is 5.90. The molecule has 0 aromatic carbocycles. The maximum Gasteiger partial charge on any atom is 0.449 e. The lowest BCUT2D eigenvalue weighted by Crippen LogP contribution is -2.21. The fourth-order valence-corrected chi connectivity index (χ4v) is 2.09. The lowest BCUT2D eigenvalue weighted by molar-refractivity contribution is -0.170. The first kappa shape index (κ1) is 23.4. The maximum absolute atomic E-state index is 12.0. The van der Waals surface area contributed by atoms with Crippen molar-refractivity contribution in [2.45, 2.75) is 77.3 Å². The highest BCUT2D eigenvalue weighted by Crippen LogP contribution is 2.18. The molecule has 0 aromatic rings. The van der Waals surface area contributed by atoms with Crippen molar-refractivity contribution in [3.05, 3.63) is 48.6 Å². The summed E-state index contributed by atoms with van der Waals surface area (Å²) < 4.78 is 35.9. The average Bonchev–Trinajstić information content (AvgIpc) is 2.56. The third kappa shape index (κ3) is 17.0. The molecule has 0 aliphatic carbocycles. The van der Waals surface area contributed by atoms with Crippen LogP contribution in [0.1, 0.15) is 71.1 Å². The van der Waals surface area contributed by atoms with Gasteiger partial charge in [-0.1, -0.05) is 74.8 Å². The van der Waals surface area contributed by atoms with Crippen molar-refractivity contribution in [2.75, 3.05) is 0 Å². The molecule has 0 fully saturated rings. The summed E-state index contributed by atoms with van der Waals surface area (Å²) in [6, 6.07) is 0. The Labute approximate surface area is 150 Å². The molecule has 0 bridgehead atoms. The summed E-state index contributed by atoms with van der Waals surface area (Å²) in [5, 5.41) is 0. The zero-order valence-electron chi connectivity index (χ0n) is 15.2. The SMILES string of the molecule is CCCCCC/C=C\C/C=C\C/C=C\C/C=C\CCC(=O)C(F)(F)F. The van der Waals surface area contributed by atoms with Gasteiger partial charge in [-0.05, 0) is 38.5 Å². The van der Waals surface area contributed by atoms with E-state index >= 15 is 0 Å². The fourth-order valence-electron chi connectivity index (χ4n) is 2.09. The van der Waals surface area contributed by atoms with Crippen molar-refractivity contribution in [3.8, 4) is 0 Å². The van der Waals surface area contributed by atoms with Crippen LogP contribution in [0.25, 0.3) is 0 Å². The van der Waals surface area contributed by atoms with Gasteiger partial charge in [-0.25, -0.2) is 0 Å². The van der Waals surface area contributed by atoms with Gasteiger partial charge in [0.05, 0.1) is 0 Å². The van der Waals surface area contributed by atoms with E-state index in [-0.39, 0.29) is 6.42 Å². The van der Waals surface area contributed by atoms with E-state index in [1.54, 1.807) is 12.2 Å².